The van der Waals surface area contributed by atoms with E-state index in [2.05, 4.69) is 47.4 Å². The molecule has 1 aliphatic rings. The zero-order chi connectivity index (χ0) is 33.9. The molecule has 12 nitrogen and oxygen atoms in total. The molecule has 2 heterocycles. The van der Waals surface area contributed by atoms with E-state index in [0.29, 0.717) is 41.3 Å². The number of carbonyl (C=O) groups excluding carboxylic acids is 2. The van der Waals surface area contributed by atoms with Crippen LogP contribution in [0.15, 0.2) is 83.3 Å². The van der Waals surface area contributed by atoms with E-state index in [1.54, 1.807) is 18.2 Å². The fourth-order valence-corrected chi connectivity index (χ4v) is 5.39. The Labute approximate surface area is 271 Å². The summed E-state index contributed by atoms with van der Waals surface area (Å²) in [6, 6.07) is 22.3. The number of piperidine rings is 1. The molecule has 1 atom stereocenters. The van der Waals surface area contributed by atoms with E-state index in [1.807, 2.05) is 6.07 Å². The molecule has 1 aromatic heterocycles. The summed E-state index contributed by atoms with van der Waals surface area (Å²) < 4.78 is 17.5. The maximum atomic E-state index is 12.4. The second kappa shape index (κ2) is 16.4. The van der Waals surface area contributed by atoms with Gasteiger partial charge in [0.15, 0.2) is 5.76 Å². The summed E-state index contributed by atoms with van der Waals surface area (Å²) in [5.41, 5.74) is 1.91. The normalized spacial score (nSPS) is 14.4. The summed E-state index contributed by atoms with van der Waals surface area (Å²) in [7, 11) is 2.93. The number of esters is 1. The molecule has 47 heavy (non-hydrogen) atoms. The number of hydroxylamine groups is 2. The predicted molar refractivity (Wildman–Crippen MR) is 173 cm³/mol. The minimum absolute atomic E-state index is 0.149. The van der Waals surface area contributed by atoms with Crippen LogP contribution in [0.2, 0.25) is 0 Å². The van der Waals surface area contributed by atoms with E-state index in [-0.39, 0.29) is 18.3 Å². The highest BCUT2D eigenvalue weighted by molar-refractivity contribution is 5.97. The van der Waals surface area contributed by atoms with Crippen LogP contribution < -0.4 is 4.74 Å². The Hall–Kier alpha value is -5.20. The monoisotopic (exact) mass is 646 g/mol. The summed E-state index contributed by atoms with van der Waals surface area (Å²) in [6.07, 6.45) is 2.78. The molecular formula is C35H38N2O10. The van der Waals surface area contributed by atoms with Gasteiger partial charge in [-0.05, 0) is 60.3 Å². The van der Waals surface area contributed by atoms with E-state index in [0.717, 1.165) is 31.0 Å². The number of hydrogen-bond acceptors (Lipinski definition) is 9. The molecule has 3 aromatic carbocycles. The highest BCUT2D eigenvalue weighted by Crippen LogP contribution is 2.31. The number of benzene rings is 3. The predicted octanol–water partition coefficient (Wildman–Crippen LogP) is 5.12. The fraction of sp³-hybridized carbons (Fsp3) is 0.314. The van der Waals surface area contributed by atoms with Gasteiger partial charge in [0.2, 0.25) is 0 Å². The summed E-state index contributed by atoms with van der Waals surface area (Å²) >= 11 is 0. The van der Waals surface area contributed by atoms with E-state index in [4.69, 9.17) is 28.9 Å². The van der Waals surface area contributed by atoms with Gasteiger partial charge in [-0.25, -0.2) is 14.7 Å². The Kier molecular flexibility index (Phi) is 12.1. The average Bonchev–Trinajstić information content (AvgIpc) is 3.51. The van der Waals surface area contributed by atoms with Crippen molar-refractivity contribution >= 4 is 45.6 Å². The lowest BCUT2D eigenvalue weighted by Gasteiger charge is -2.34. The SMILES string of the molecule is CON(C)C(=O)c1cc2c(OC[C@H](CN3CCC(c4ccc5ccccc5c4)CC3)OC(C)=O)cccc2o1.O=C(O)/C=C\C(=O)O. The molecule has 12 heteroatoms. The molecule has 0 unspecified atom stereocenters. The van der Waals surface area contributed by atoms with Gasteiger partial charge in [-0.3, -0.25) is 19.3 Å². The quantitative estimate of drug-likeness (QED) is 0.127. The molecule has 1 fully saturated rings. The molecule has 5 rings (SSSR count). The maximum Gasteiger partial charge on any atom is 0.328 e. The Bertz CT molecular complexity index is 1720. The Morgan fingerprint density at radius 2 is 1.64 bits per heavy atom. The van der Waals surface area contributed by atoms with Gasteiger partial charge in [0.25, 0.3) is 0 Å². The van der Waals surface area contributed by atoms with Gasteiger partial charge in [-0.15, -0.1) is 0 Å². The molecular weight excluding hydrogens is 608 g/mol. The second-order valence-electron chi connectivity index (χ2n) is 11.0. The fourth-order valence-electron chi connectivity index (χ4n) is 5.39. The molecule has 0 spiro atoms. The van der Waals surface area contributed by atoms with Gasteiger partial charge in [-0.1, -0.05) is 48.5 Å². The molecule has 1 aliphatic heterocycles. The maximum absolute atomic E-state index is 12.4. The molecule has 4 aromatic rings. The zero-order valence-corrected chi connectivity index (χ0v) is 26.5. The summed E-state index contributed by atoms with van der Waals surface area (Å²) in [4.78, 5) is 50.7. The number of rotatable bonds is 11. The molecule has 1 amide bonds. The number of carboxylic acids is 2. The van der Waals surface area contributed by atoms with Crippen molar-refractivity contribution < 1.29 is 48.1 Å². The van der Waals surface area contributed by atoms with E-state index < -0.39 is 23.9 Å². The van der Waals surface area contributed by atoms with Crippen molar-refractivity contribution in [2.45, 2.75) is 31.8 Å². The number of amides is 1. The number of ether oxygens (including phenoxy) is 2. The first-order valence-corrected chi connectivity index (χ1v) is 15.0. The summed E-state index contributed by atoms with van der Waals surface area (Å²) in [5, 5.41) is 19.9. The molecule has 248 valence electrons. The first kappa shape index (κ1) is 34.7. The lowest BCUT2D eigenvalue weighted by molar-refractivity contribution is -0.149. The van der Waals surface area contributed by atoms with E-state index in [1.165, 1.54) is 37.4 Å². The lowest BCUT2D eigenvalue weighted by atomic mass is 9.88. The van der Waals surface area contributed by atoms with Gasteiger partial charge in [-0.2, -0.15) is 0 Å². The van der Waals surface area contributed by atoms with Crippen molar-refractivity contribution in [3.05, 3.63) is 90.2 Å². The Morgan fingerprint density at radius 3 is 2.28 bits per heavy atom. The van der Waals surface area contributed by atoms with Crippen LogP contribution in [0, 0.1) is 0 Å². The Morgan fingerprint density at radius 1 is 0.957 bits per heavy atom. The number of fused-ring (bicyclic) bond motifs is 2. The number of hydrogen-bond donors (Lipinski definition) is 2. The van der Waals surface area contributed by atoms with Crippen molar-refractivity contribution in [3.8, 4) is 5.75 Å². The zero-order valence-electron chi connectivity index (χ0n) is 26.5. The van der Waals surface area contributed by atoms with Crippen molar-refractivity contribution in [2.24, 2.45) is 0 Å². The highest BCUT2D eigenvalue weighted by atomic mass is 16.7. The number of likely N-dealkylation sites (tertiary alicyclic amines) is 1. The van der Waals surface area contributed by atoms with Gasteiger partial charge in [0.05, 0.1) is 12.5 Å². The Balaban J connectivity index is 0.000000555. The number of aliphatic carboxylic acids is 2. The van der Waals surface area contributed by atoms with Gasteiger partial charge in [0, 0.05) is 38.7 Å². The van der Waals surface area contributed by atoms with E-state index in [9.17, 15) is 19.2 Å². The number of nitrogens with zero attached hydrogens (tertiary/aromatic N) is 2. The number of carbonyl (C=O) groups is 4. The molecule has 2 N–H and O–H groups in total. The lowest BCUT2D eigenvalue weighted by Crippen LogP contribution is -2.42. The summed E-state index contributed by atoms with van der Waals surface area (Å²) in [5.74, 6) is -2.03. The van der Waals surface area contributed by atoms with Crippen LogP contribution in [0.25, 0.3) is 21.7 Å². The minimum Gasteiger partial charge on any atom is -0.489 e. The molecule has 0 radical (unpaired) electrons. The molecule has 0 bridgehead atoms. The minimum atomic E-state index is -1.26. The van der Waals surface area contributed by atoms with Crippen LogP contribution >= 0.6 is 0 Å². The van der Waals surface area contributed by atoms with Crippen molar-refractivity contribution in [1.29, 1.82) is 0 Å². The van der Waals surface area contributed by atoms with Gasteiger partial charge >= 0.3 is 23.8 Å². The topological polar surface area (TPSA) is 156 Å². The molecule has 0 aliphatic carbocycles. The van der Waals surface area contributed by atoms with Crippen LogP contribution in [0.4, 0.5) is 0 Å². The van der Waals surface area contributed by atoms with Crippen LogP contribution in [-0.2, 0) is 24.0 Å². The van der Waals surface area contributed by atoms with Crippen LogP contribution in [0.5, 0.6) is 5.75 Å². The van der Waals surface area contributed by atoms with Gasteiger partial charge < -0.3 is 24.1 Å². The second-order valence-corrected chi connectivity index (χ2v) is 11.0. The number of carboxylic acid groups (broad SMARTS) is 2. The third-order valence-electron chi connectivity index (χ3n) is 7.71. The first-order chi connectivity index (χ1) is 22.5. The smallest absolute Gasteiger partial charge is 0.328 e. The van der Waals surface area contributed by atoms with Crippen molar-refractivity contribution in [3.63, 3.8) is 0 Å². The van der Waals surface area contributed by atoms with Crippen molar-refractivity contribution in [2.75, 3.05) is 40.4 Å². The average molecular weight is 647 g/mol. The first-order valence-electron chi connectivity index (χ1n) is 15.0. The summed E-state index contributed by atoms with van der Waals surface area (Å²) in [6.45, 7) is 4.04. The highest BCUT2D eigenvalue weighted by Gasteiger charge is 2.25. The standard InChI is InChI=1S/C31H34N2O6.C4H4O4/c1-21(34)38-26(20-37-28-9-6-10-29-27(28)18-30(39-29)31(35)32(2)36-3)19-33-15-13-23(14-16-33)25-12-11-22-7-4-5-8-24(22)17-25;5-3(6)1-2-4(7)8/h4-12,17-18,23,26H,13-16,19-20H2,1-3H3;1-2H,(H,5,6)(H,7,8)/b;2-1-/t26-;/m0./s1. The van der Waals surface area contributed by atoms with Crippen LogP contribution in [-0.4, -0.2) is 90.5 Å². The molecule has 0 saturated carbocycles. The largest absolute Gasteiger partial charge is 0.489 e. The van der Waals surface area contributed by atoms with E-state index >= 15 is 0 Å². The third-order valence-corrected chi connectivity index (χ3v) is 7.71. The third kappa shape index (κ3) is 9.89. The van der Waals surface area contributed by atoms with Crippen LogP contribution in [0.3, 0.4) is 0 Å². The van der Waals surface area contributed by atoms with Gasteiger partial charge in [0.1, 0.15) is 24.0 Å². The van der Waals surface area contributed by atoms with Crippen molar-refractivity contribution in [1.82, 2.24) is 9.96 Å². The van der Waals surface area contributed by atoms with Crippen LogP contribution in [0.1, 0.15) is 41.8 Å². The number of furan rings is 1. The molecule has 1 saturated heterocycles.